The summed E-state index contributed by atoms with van der Waals surface area (Å²) in [7, 11) is 0. The Morgan fingerprint density at radius 2 is 1.48 bits per heavy atom. The molecule has 0 radical (unpaired) electrons. The Labute approximate surface area is 365 Å². The van der Waals surface area contributed by atoms with E-state index in [1.807, 2.05) is 6.07 Å². The number of esters is 1. The van der Waals surface area contributed by atoms with Crippen molar-refractivity contribution in [1.29, 1.82) is 0 Å². The van der Waals surface area contributed by atoms with E-state index in [9.17, 15) is 45.6 Å². The zero-order valence-electron chi connectivity index (χ0n) is 37.4. The van der Waals surface area contributed by atoms with Crippen molar-refractivity contribution in [3.8, 4) is 0 Å². The van der Waals surface area contributed by atoms with E-state index in [1.54, 1.807) is 24.3 Å². The van der Waals surface area contributed by atoms with E-state index in [1.165, 1.54) is 5.57 Å². The number of aliphatic hydroxyl groups excluding tert-OH is 8. The SMILES string of the molecule is CC1(C)C[C@@H](OC(=O)c2ccccc2)[C@]2(CO)[C@@H](O)CC3(C)C(=CC[C@@H]4[C@@]5(C)CC[C@H](O[C@@H]6OC[C@H](O)[C@H](O[C@@H]7O[C@H](CO)[C@@H](O)[C@H](O)[C@H]7O)[C@H]6O)C(C)(C)[C@@H]5CC[C@]43C)[C@@H]2C1. The average Bonchev–Trinajstić information content (AvgIpc) is 3.21. The van der Waals surface area contributed by atoms with Crippen molar-refractivity contribution in [2.45, 2.75) is 173 Å². The lowest BCUT2D eigenvalue weighted by molar-refractivity contribution is -0.357. The Kier molecular flexibility index (Phi) is 12.3. The van der Waals surface area contributed by atoms with Crippen molar-refractivity contribution in [3.05, 3.63) is 47.5 Å². The van der Waals surface area contributed by atoms with Gasteiger partial charge in [-0.2, -0.15) is 0 Å². The fourth-order valence-electron chi connectivity index (χ4n) is 14.6. The lowest BCUT2D eigenvalue weighted by Crippen LogP contribution is -2.69. The minimum atomic E-state index is -1.71. The Morgan fingerprint density at radius 1 is 0.774 bits per heavy atom. The second-order valence-corrected chi connectivity index (χ2v) is 22.2. The van der Waals surface area contributed by atoms with Crippen LogP contribution in [0, 0.1) is 50.2 Å². The lowest BCUT2D eigenvalue weighted by atomic mass is 9.33. The first-order valence-electron chi connectivity index (χ1n) is 22.9. The lowest BCUT2D eigenvalue weighted by Gasteiger charge is -2.72. The van der Waals surface area contributed by atoms with Gasteiger partial charge < -0.3 is 64.5 Å². The van der Waals surface area contributed by atoms with Crippen LogP contribution < -0.4 is 0 Å². The molecule has 1 aromatic rings. The van der Waals surface area contributed by atoms with E-state index in [4.69, 9.17) is 23.7 Å². The molecule has 14 nitrogen and oxygen atoms in total. The van der Waals surface area contributed by atoms with Crippen LogP contribution in [-0.4, -0.2) is 140 Å². The molecule has 8 rings (SSSR count). The largest absolute Gasteiger partial charge is 0.458 e. The summed E-state index contributed by atoms with van der Waals surface area (Å²) in [5.41, 5.74) is -0.596. The van der Waals surface area contributed by atoms with Crippen molar-refractivity contribution < 1.29 is 69.3 Å². The molecule has 7 aliphatic rings. The van der Waals surface area contributed by atoms with Crippen molar-refractivity contribution in [2.75, 3.05) is 19.8 Å². The number of benzene rings is 1. The second-order valence-electron chi connectivity index (χ2n) is 22.2. The van der Waals surface area contributed by atoms with Crippen LogP contribution in [0.1, 0.15) is 110 Å². The predicted octanol–water partition coefficient (Wildman–Crippen LogP) is 3.24. The van der Waals surface area contributed by atoms with Crippen LogP contribution in [0.4, 0.5) is 0 Å². The number of aliphatic hydroxyl groups is 8. The molecule has 0 bridgehead atoms. The summed E-state index contributed by atoms with van der Waals surface area (Å²) in [5.74, 6) is -0.139. The summed E-state index contributed by atoms with van der Waals surface area (Å²) in [6.45, 7) is 14.9. The number of fused-ring (bicyclic) bond motifs is 7. The fourth-order valence-corrected chi connectivity index (χ4v) is 14.6. The smallest absolute Gasteiger partial charge is 0.338 e. The van der Waals surface area contributed by atoms with Crippen LogP contribution in [0.3, 0.4) is 0 Å². The monoisotopic (exact) mass is 872 g/mol. The van der Waals surface area contributed by atoms with E-state index in [0.29, 0.717) is 24.8 Å². The Balaban J connectivity index is 1.02. The minimum Gasteiger partial charge on any atom is -0.458 e. The summed E-state index contributed by atoms with van der Waals surface area (Å²) < 4.78 is 30.3. The molecular weight excluding hydrogens is 801 g/mol. The molecule has 2 aliphatic heterocycles. The molecule has 4 saturated carbocycles. The van der Waals surface area contributed by atoms with Gasteiger partial charge in [-0.1, -0.05) is 78.3 Å². The number of hydrogen-bond donors (Lipinski definition) is 8. The highest BCUT2D eigenvalue weighted by Crippen LogP contribution is 2.76. The van der Waals surface area contributed by atoms with Gasteiger partial charge in [0.1, 0.15) is 48.8 Å². The molecule has 2 saturated heterocycles. The van der Waals surface area contributed by atoms with Gasteiger partial charge in [0.05, 0.1) is 43.0 Å². The van der Waals surface area contributed by atoms with E-state index < -0.39 is 85.5 Å². The minimum absolute atomic E-state index is 0.117. The van der Waals surface area contributed by atoms with Crippen LogP contribution in [0.5, 0.6) is 0 Å². The van der Waals surface area contributed by atoms with E-state index in [0.717, 1.165) is 32.1 Å². The van der Waals surface area contributed by atoms with Crippen molar-refractivity contribution in [3.63, 3.8) is 0 Å². The molecule has 8 N–H and O–H groups in total. The Morgan fingerprint density at radius 3 is 2.16 bits per heavy atom. The third-order valence-electron chi connectivity index (χ3n) is 18.2. The summed E-state index contributed by atoms with van der Waals surface area (Å²) in [6.07, 6.45) is -6.62. The van der Waals surface area contributed by atoms with E-state index >= 15 is 0 Å². The molecule has 6 fully saturated rings. The molecule has 0 amide bonds. The number of rotatable bonds is 8. The van der Waals surface area contributed by atoms with Gasteiger partial charge >= 0.3 is 5.97 Å². The summed E-state index contributed by atoms with van der Waals surface area (Å²) in [5, 5.41) is 87.2. The highest BCUT2D eigenvalue weighted by Gasteiger charge is 2.72. The molecule has 14 heteroatoms. The normalized spacial score (nSPS) is 49.6. The third-order valence-corrected chi connectivity index (χ3v) is 18.2. The molecule has 0 aromatic heterocycles. The van der Waals surface area contributed by atoms with Gasteiger partial charge in [-0.25, -0.2) is 4.79 Å². The topological polar surface area (TPSA) is 225 Å². The van der Waals surface area contributed by atoms with Gasteiger partial charge in [0.25, 0.3) is 0 Å². The quantitative estimate of drug-likeness (QED) is 0.107. The van der Waals surface area contributed by atoms with Crippen LogP contribution in [0.25, 0.3) is 0 Å². The van der Waals surface area contributed by atoms with Gasteiger partial charge in [-0.3, -0.25) is 0 Å². The molecule has 5 aliphatic carbocycles. The third kappa shape index (κ3) is 7.08. The van der Waals surface area contributed by atoms with Gasteiger partial charge in [0, 0.05) is 0 Å². The Hall–Kier alpha value is -2.05. The average molecular weight is 873 g/mol. The van der Waals surface area contributed by atoms with Crippen molar-refractivity contribution >= 4 is 5.97 Å². The first-order chi connectivity index (χ1) is 29.1. The number of carbonyl (C=O) groups is 1. The maximum atomic E-state index is 13.6. The zero-order chi connectivity index (χ0) is 44.9. The number of carbonyl (C=O) groups excluding carboxylic acids is 1. The number of hydrogen-bond acceptors (Lipinski definition) is 14. The zero-order valence-corrected chi connectivity index (χ0v) is 37.4. The van der Waals surface area contributed by atoms with E-state index in [-0.39, 0.29) is 64.1 Å². The van der Waals surface area contributed by atoms with Gasteiger partial charge in [-0.05, 0) is 108 Å². The summed E-state index contributed by atoms with van der Waals surface area (Å²) in [4.78, 5) is 13.6. The van der Waals surface area contributed by atoms with Crippen LogP contribution >= 0.6 is 0 Å². The standard InChI is InChI=1S/C48H72O14/c1-43(2)19-27-26-13-14-31-45(5)17-16-33(61-41-38(56)39(28(51)23-58-41)62-42-37(55)36(54)35(53)29(22-49)59-42)44(3,4)30(45)15-18-46(31,6)47(26,7)20-32(52)48(27,24-50)34(21-43)60-40(57)25-11-9-8-10-12-25/h8-13,27-39,41-42,49-56H,14-24H2,1-7H3/t27-,28-,29+,30-,31+,32-,33-,34+,35+,36-,37+,38+,39-,41-,42-,45-,46+,47?,48-/m0/s1. The summed E-state index contributed by atoms with van der Waals surface area (Å²) >= 11 is 0. The van der Waals surface area contributed by atoms with Crippen LogP contribution in [-0.2, 0) is 23.7 Å². The second kappa shape index (κ2) is 16.4. The molecule has 62 heavy (non-hydrogen) atoms. The first kappa shape index (κ1) is 46.5. The molecule has 1 unspecified atom stereocenters. The fraction of sp³-hybridized carbons (Fsp3) is 0.812. The maximum absolute atomic E-state index is 13.6. The van der Waals surface area contributed by atoms with Crippen molar-refractivity contribution in [1.82, 2.24) is 0 Å². The highest BCUT2D eigenvalue weighted by molar-refractivity contribution is 5.89. The first-order valence-corrected chi connectivity index (χ1v) is 22.9. The highest BCUT2D eigenvalue weighted by atomic mass is 16.7. The van der Waals surface area contributed by atoms with Gasteiger partial charge in [0.2, 0.25) is 0 Å². The number of allylic oxidation sites excluding steroid dienone is 2. The molecule has 0 spiro atoms. The van der Waals surface area contributed by atoms with Crippen molar-refractivity contribution in [2.24, 2.45) is 50.2 Å². The molecule has 19 atom stereocenters. The molecular formula is C48H72O14. The van der Waals surface area contributed by atoms with Crippen LogP contribution in [0.15, 0.2) is 42.0 Å². The molecule has 2 heterocycles. The molecule has 348 valence electrons. The van der Waals surface area contributed by atoms with Gasteiger partial charge in [-0.15, -0.1) is 0 Å². The summed E-state index contributed by atoms with van der Waals surface area (Å²) in [6, 6.07) is 8.92. The Bertz CT molecular complexity index is 1820. The maximum Gasteiger partial charge on any atom is 0.338 e. The molecule has 1 aromatic carbocycles. The predicted molar refractivity (Wildman–Crippen MR) is 224 cm³/mol. The number of ether oxygens (including phenoxy) is 5. The van der Waals surface area contributed by atoms with Gasteiger partial charge in [0.15, 0.2) is 12.6 Å². The van der Waals surface area contributed by atoms with E-state index in [2.05, 4.69) is 54.5 Å². The van der Waals surface area contributed by atoms with Crippen LogP contribution in [0.2, 0.25) is 0 Å².